The second-order valence-corrected chi connectivity index (χ2v) is 16.1. The zero-order valence-corrected chi connectivity index (χ0v) is 21.1. The predicted octanol–water partition coefficient (Wildman–Crippen LogP) is 7.02. The Bertz CT molecular complexity index is 412. The number of hydrogen-bond acceptors (Lipinski definition) is 3. The highest BCUT2D eigenvalue weighted by Crippen LogP contribution is 2.42. The summed E-state index contributed by atoms with van der Waals surface area (Å²) in [6, 6.07) is 0. The Labute approximate surface area is 171 Å². The van der Waals surface area contributed by atoms with E-state index in [1.807, 2.05) is 13.8 Å². The van der Waals surface area contributed by atoms with Gasteiger partial charge in [-0.3, -0.25) is 0 Å². The van der Waals surface area contributed by atoms with Gasteiger partial charge in [-0.05, 0) is 55.1 Å². The summed E-state index contributed by atoms with van der Waals surface area (Å²) < 4.78 is 18.8. The predicted molar refractivity (Wildman–Crippen MR) is 119 cm³/mol. The molecule has 1 fully saturated rings. The molecule has 1 saturated heterocycles. The molecule has 0 N–H and O–H groups in total. The van der Waals surface area contributed by atoms with E-state index < -0.39 is 14.1 Å². The van der Waals surface area contributed by atoms with Gasteiger partial charge in [-0.15, -0.1) is 0 Å². The summed E-state index contributed by atoms with van der Waals surface area (Å²) in [5, 5.41) is 0. The highest BCUT2D eigenvalue weighted by atomic mass is 28.4. The molecule has 0 unspecified atom stereocenters. The first kappa shape index (κ1) is 25.1. The van der Waals surface area contributed by atoms with Crippen LogP contribution < -0.4 is 0 Å². The van der Waals surface area contributed by atoms with Crippen molar-refractivity contribution in [3.05, 3.63) is 0 Å². The van der Waals surface area contributed by atoms with Gasteiger partial charge in [0.1, 0.15) is 0 Å². The third kappa shape index (κ3) is 6.83. The van der Waals surface area contributed by atoms with Crippen LogP contribution in [-0.4, -0.2) is 33.4 Å². The molecular formula is C23H48O3Si. The lowest BCUT2D eigenvalue weighted by Crippen LogP contribution is -2.48. The largest absolute Gasteiger partial charge is 0.416 e. The molecule has 0 saturated carbocycles. The van der Waals surface area contributed by atoms with Crippen LogP contribution in [-0.2, 0) is 13.9 Å². The Morgan fingerprint density at radius 2 is 1.44 bits per heavy atom. The van der Waals surface area contributed by atoms with E-state index in [-0.39, 0.29) is 0 Å². The molecule has 0 aromatic carbocycles. The average molecular weight is 401 g/mol. The standard InChI is InChI=1S/C23H48O3Si/c1-16(2)27(17(3)4,18(5)6)25-14-20(8)12-19(7)13-22-21(9)15-24-23(10,11)26-22/h16-22H,12-15H2,1-11H3/t19-,20+,21+,22-/m0/s1. The minimum absolute atomic E-state index is 0.298. The molecule has 4 heteroatoms. The monoisotopic (exact) mass is 400 g/mol. The summed E-state index contributed by atoms with van der Waals surface area (Å²) >= 11 is 0. The first-order chi connectivity index (χ1) is 12.3. The van der Waals surface area contributed by atoms with Gasteiger partial charge in [0.2, 0.25) is 0 Å². The molecule has 0 bridgehead atoms. The van der Waals surface area contributed by atoms with E-state index >= 15 is 0 Å². The first-order valence-electron chi connectivity index (χ1n) is 11.3. The van der Waals surface area contributed by atoms with Crippen molar-refractivity contribution in [2.45, 2.75) is 118 Å². The van der Waals surface area contributed by atoms with Gasteiger partial charge in [0.25, 0.3) is 0 Å². The zero-order valence-electron chi connectivity index (χ0n) is 20.1. The normalized spacial score (nSPS) is 26.0. The molecule has 0 amide bonds. The molecule has 3 nitrogen and oxygen atoms in total. The minimum atomic E-state index is -1.76. The Hall–Kier alpha value is 0.0969. The third-order valence-electron chi connectivity index (χ3n) is 6.53. The maximum Gasteiger partial charge on any atom is 0.200 e. The molecule has 0 spiro atoms. The number of hydrogen-bond donors (Lipinski definition) is 0. The van der Waals surface area contributed by atoms with Gasteiger partial charge in [-0.2, -0.15) is 0 Å². The van der Waals surface area contributed by atoms with Crippen molar-refractivity contribution in [2.24, 2.45) is 17.8 Å². The van der Waals surface area contributed by atoms with Gasteiger partial charge in [0.05, 0.1) is 12.7 Å². The minimum Gasteiger partial charge on any atom is -0.416 e. The van der Waals surface area contributed by atoms with Crippen LogP contribution in [0.25, 0.3) is 0 Å². The molecule has 1 aliphatic heterocycles. The van der Waals surface area contributed by atoms with Gasteiger partial charge in [-0.25, -0.2) is 0 Å². The maximum absolute atomic E-state index is 6.81. The summed E-state index contributed by atoms with van der Waals surface area (Å²) in [6.45, 7) is 26.9. The van der Waals surface area contributed by atoms with Gasteiger partial charge < -0.3 is 13.9 Å². The quantitative estimate of drug-likeness (QED) is 0.369. The number of rotatable bonds is 10. The Morgan fingerprint density at radius 1 is 0.926 bits per heavy atom. The lowest BCUT2D eigenvalue weighted by Gasteiger charge is -2.43. The lowest BCUT2D eigenvalue weighted by molar-refractivity contribution is -0.293. The first-order valence-corrected chi connectivity index (χ1v) is 13.4. The third-order valence-corrected chi connectivity index (χ3v) is 12.6. The molecule has 0 aliphatic carbocycles. The molecule has 1 heterocycles. The van der Waals surface area contributed by atoms with Crippen LogP contribution in [0, 0.1) is 17.8 Å². The smallest absolute Gasteiger partial charge is 0.200 e. The summed E-state index contributed by atoms with van der Waals surface area (Å²) in [5.41, 5.74) is 1.96. The van der Waals surface area contributed by atoms with Gasteiger partial charge >= 0.3 is 0 Å². The molecule has 27 heavy (non-hydrogen) atoms. The highest BCUT2D eigenvalue weighted by molar-refractivity contribution is 6.77. The second-order valence-electron chi connectivity index (χ2n) is 10.7. The zero-order chi connectivity index (χ0) is 21.0. The molecule has 1 rings (SSSR count). The van der Waals surface area contributed by atoms with Crippen LogP contribution in [0.1, 0.15) is 89.0 Å². The van der Waals surface area contributed by atoms with Crippen LogP contribution in [0.2, 0.25) is 16.6 Å². The van der Waals surface area contributed by atoms with E-state index in [0.29, 0.717) is 40.5 Å². The van der Waals surface area contributed by atoms with E-state index in [1.165, 1.54) is 6.42 Å². The van der Waals surface area contributed by atoms with Crippen LogP contribution in [0.3, 0.4) is 0 Å². The molecular weight excluding hydrogens is 352 g/mol. The van der Waals surface area contributed by atoms with Crippen LogP contribution in [0.5, 0.6) is 0 Å². The topological polar surface area (TPSA) is 27.7 Å². The molecule has 1 aliphatic rings. The van der Waals surface area contributed by atoms with Crippen molar-refractivity contribution in [3.63, 3.8) is 0 Å². The van der Waals surface area contributed by atoms with E-state index in [9.17, 15) is 0 Å². The maximum atomic E-state index is 6.81. The second kappa shape index (κ2) is 10.2. The summed E-state index contributed by atoms with van der Waals surface area (Å²) in [6.07, 6.45) is 2.61. The summed E-state index contributed by atoms with van der Waals surface area (Å²) in [7, 11) is -1.76. The molecule has 0 aromatic rings. The van der Waals surface area contributed by atoms with Crippen molar-refractivity contribution >= 4 is 8.32 Å². The van der Waals surface area contributed by atoms with Crippen LogP contribution >= 0.6 is 0 Å². The van der Waals surface area contributed by atoms with E-state index in [0.717, 1.165) is 19.6 Å². The van der Waals surface area contributed by atoms with Crippen LogP contribution in [0.4, 0.5) is 0 Å². The summed E-state index contributed by atoms with van der Waals surface area (Å²) in [5.74, 6) is 1.25. The Kier molecular flexibility index (Phi) is 9.52. The van der Waals surface area contributed by atoms with Crippen molar-refractivity contribution < 1.29 is 13.9 Å². The van der Waals surface area contributed by atoms with Crippen molar-refractivity contribution in [1.82, 2.24) is 0 Å². The fourth-order valence-corrected chi connectivity index (χ4v) is 10.8. The van der Waals surface area contributed by atoms with E-state index in [1.54, 1.807) is 0 Å². The van der Waals surface area contributed by atoms with Crippen molar-refractivity contribution in [3.8, 4) is 0 Å². The molecule has 4 atom stereocenters. The number of ether oxygens (including phenoxy) is 2. The SMILES string of the molecule is CC(C)[Si](OC[C@H](C)C[C@H](C)C[C@@H]1OC(C)(C)OC[C@H]1C)(C(C)C)C(C)C. The molecule has 162 valence electrons. The van der Waals surface area contributed by atoms with E-state index in [2.05, 4.69) is 62.3 Å². The highest BCUT2D eigenvalue weighted by Gasteiger charge is 2.45. The molecule has 0 aromatic heterocycles. The van der Waals surface area contributed by atoms with Gasteiger partial charge in [0.15, 0.2) is 14.1 Å². The lowest BCUT2D eigenvalue weighted by atomic mass is 9.88. The summed E-state index contributed by atoms with van der Waals surface area (Å²) in [4.78, 5) is 0. The van der Waals surface area contributed by atoms with Crippen molar-refractivity contribution in [1.29, 1.82) is 0 Å². The van der Waals surface area contributed by atoms with Gasteiger partial charge in [-0.1, -0.05) is 62.3 Å². The van der Waals surface area contributed by atoms with Crippen molar-refractivity contribution in [2.75, 3.05) is 13.2 Å². The molecule has 0 radical (unpaired) electrons. The fourth-order valence-electron chi connectivity index (χ4n) is 5.27. The fraction of sp³-hybridized carbons (Fsp3) is 1.00. The average Bonchev–Trinajstić information content (AvgIpc) is 2.50. The van der Waals surface area contributed by atoms with E-state index in [4.69, 9.17) is 13.9 Å². The Morgan fingerprint density at radius 3 is 1.93 bits per heavy atom. The van der Waals surface area contributed by atoms with Crippen LogP contribution in [0.15, 0.2) is 0 Å². The Balaban J connectivity index is 2.59. The van der Waals surface area contributed by atoms with Gasteiger partial charge in [0, 0.05) is 12.5 Å².